The summed E-state index contributed by atoms with van der Waals surface area (Å²) in [4.78, 5) is 38.5. The maximum absolute atomic E-state index is 11.8. The summed E-state index contributed by atoms with van der Waals surface area (Å²) in [7, 11) is 0. The van der Waals surface area contributed by atoms with Gasteiger partial charge in [-0.1, -0.05) is 11.3 Å². The number of nitrogens with zero attached hydrogens (tertiary/aromatic N) is 2. The summed E-state index contributed by atoms with van der Waals surface area (Å²) in [5.41, 5.74) is 0.250. The third-order valence-corrected chi connectivity index (χ3v) is 3.42. The van der Waals surface area contributed by atoms with Crippen LogP contribution in [0, 0.1) is 6.92 Å². The van der Waals surface area contributed by atoms with Crippen molar-refractivity contribution < 1.29 is 9.59 Å². The second-order valence-electron chi connectivity index (χ2n) is 3.75. The van der Waals surface area contributed by atoms with Crippen molar-refractivity contribution in [1.29, 1.82) is 0 Å². The van der Waals surface area contributed by atoms with E-state index in [2.05, 4.69) is 20.5 Å². The first-order valence-electron chi connectivity index (χ1n) is 5.33. The smallest absolute Gasteiger partial charge is 0.277 e. The summed E-state index contributed by atoms with van der Waals surface area (Å²) in [6.07, 6.45) is 0. The molecule has 0 saturated carbocycles. The molecule has 0 aliphatic carbocycles. The minimum absolute atomic E-state index is 0.0665. The molecule has 19 heavy (non-hydrogen) atoms. The number of carbonyl (C=O) groups excluding carboxylic acids is 2. The molecule has 0 aliphatic rings. The largest absolute Gasteiger partial charge is 0.296 e. The van der Waals surface area contributed by atoms with Crippen LogP contribution in [0.25, 0.3) is 0 Å². The quantitative estimate of drug-likeness (QED) is 0.814. The van der Waals surface area contributed by atoms with Crippen LogP contribution in [0.15, 0.2) is 16.9 Å². The van der Waals surface area contributed by atoms with E-state index in [4.69, 9.17) is 0 Å². The number of aromatic amines is 1. The van der Waals surface area contributed by atoms with Crippen LogP contribution in [0.2, 0.25) is 0 Å². The number of ketones is 1. The Labute approximate surface area is 111 Å². The van der Waals surface area contributed by atoms with Crippen LogP contribution in [0.5, 0.6) is 0 Å². The summed E-state index contributed by atoms with van der Waals surface area (Å²) >= 11 is 1.10. The zero-order valence-corrected chi connectivity index (χ0v) is 11.0. The van der Waals surface area contributed by atoms with Gasteiger partial charge >= 0.3 is 0 Å². The molecule has 0 unspecified atom stereocenters. The molecule has 0 spiro atoms. The average molecular weight is 278 g/mol. The van der Waals surface area contributed by atoms with Crippen molar-refractivity contribution >= 4 is 28.2 Å². The van der Waals surface area contributed by atoms with Gasteiger partial charge in [-0.3, -0.25) is 19.7 Å². The van der Waals surface area contributed by atoms with Gasteiger partial charge in [-0.15, -0.1) is 0 Å². The number of aryl methyl sites for hydroxylation is 1. The number of nitrogens with one attached hydrogen (secondary N) is 2. The molecule has 0 atom stereocenters. The Balaban J connectivity index is 2.19. The molecule has 2 N–H and O–H groups in total. The maximum atomic E-state index is 11.8. The molecule has 0 radical (unpaired) electrons. The van der Waals surface area contributed by atoms with Crippen molar-refractivity contribution in [2.45, 2.75) is 13.8 Å². The lowest BCUT2D eigenvalue weighted by Gasteiger charge is -1.99. The van der Waals surface area contributed by atoms with Crippen LogP contribution in [-0.4, -0.2) is 26.9 Å². The van der Waals surface area contributed by atoms with E-state index in [0.717, 1.165) is 11.3 Å². The summed E-state index contributed by atoms with van der Waals surface area (Å²) in [6.45, 7) is 3.14. The first-order chi connectivity index (χ1) is 8.97. The molecule has 2 aromatic heterocycles. The standard InChI is InChI=1S/C11H10N4O3S/c1-5-9(6(2)16)19-11(12-5)13-10(18)7-3-4-8(17)15-14-7/h3-4H,1-2H3,(H,15,17)(H,12,13,18). The predicted molar refractivity (Wildman–Crippen MR) is 69.7 cm³/mol. The van der Waals surface area contributed by atoms with Gasteiger partial charge in [-0.2, -0.15) is 5.10 Å². The van der Waals surface area contributed by atoms with Gasteiger partial charge in [0.25, 0.3) is 11.5 Å². The second-order valence-corrected chi connectivity index (χ2v) is 4.75. The fraction of sp³-hybridized carbons (Fsp3) is 0.182. The molecule has 0 bridgehead atoms. The molecule has 0 aromatic carbocycles. The minimum atomic E-state index is -0.500. The van der Waals surface area contributed by atoms with Gasteiger partial charge in [0.15, 0.2) is 10.9 Å². The molecule has 2 heterocycles. The van der Waals surface area contributed by atoms with Crippen LogP contribution in [0.4, 0.5) is 5.13 Å². The van der Waals surface area contributed by atoms with Gasteiger partial charge in [0.1, 0.15) is 5.69 Å². The number of amides is 1. The normalized spacial score (nSPS) is 10.2. The lowest BCUT2D eigenvalue weighted by Crippen LogP contribution is -2.17. The van der Waals surface area contributed by atoms with Crippen LogP contribution in [0.3, 0.4) is 0 Å². The summed E-state index contributed by atoms with van der Waals surface area (Å²) < 4.78 is 0. The van der Waals surface area contributed by atoms with Crippen molar-refractivity contribution in [3.05, 3.63) is 38.8 Å². The van der Waals surface area contributed by atoms with Gasteiger partial charge in [-0.25, -0.2) is 10.1 Å². The Kier molecular flexibility index (Phi) is 3.52. The topological polar surface area (TPSA) is 105 Å². The summed E-state index contributed by atoms with van der Waals surface area (Å²) in [6, 6.07) is 2.51. The predicted octanol–water partition coefficient (Wildman–Crippen LogP) is 0.990. The summed E-state index contributed by atoms with van der Waals surface area (Å²) in [5, 5.41) is 8.61. The number of carbonyl (C=O) groups is 2. The van der Waals surface area contributed by atoms with E-state index in [1.807, 2.05) is 0 Å². The molecule has 8 heteroatoms. The van der Waals surface area contributed by atoms with Gasteiger partial charge in [0.2, 0.25) is 0 Å². The van der Waals surface area contributed by atoms with Crippen LogP contribution >= 0.6 is 11.3 Å². The molecular weight excluding hydrogens is 268 g/mol. The Morgan fingerprint density at radius 1 is 1.37 bits per heavy atom. The fourth-order valence-electron chi connectivity index (χ4n) is 1.41. The number of aromatic nitrogens is 3. The number of anilines is 1. The molecule has 7 nitrogen and oxygen atoms in total. The molecule has 98 valence electrons. The number of H-pyrrole nitrogens is 1. The van der Waals surface area contributed by atoms with E-state index in [-0.39, 0.29) is 17.0 Å². The van der Waals surface area contributed by atoms with E-state index in [0.29, 0.717) is 15.7 Å². The first kappa shape index (κ1) is 13.1. The fourth-order valence-corrected chi connectivity index (χ4v) is 2.27. The van der Waals surface area contributed by atoms with Gasteiger partial charge in [0, 0.05) is 13.0 Å². The maximum Gasteiger partial charge on any atom is 0.277 e. The van der Waals surface area contributed by atoms with Crippen LogP contribution < -0.4 is 10.9 Å². The van der Waals surface area contributed by atoms with E-state index in [9.17, 15) is 14.4 Å². The third kappa shape index (κ3) is 2.91. The molecule has 0 saturated heterocycles. The van der Waals surface area contributed by atoms with Crippen molar-refractivity contribution in [1.82, 2.24) is 15.2 Å². The van der Waals surface area contributed by atoms with E-state index in [1.165, 1.54) is 19.1 Å². The lowest BCUT2D eigenvalue weighted by molar-refractivity contribution is 0.101. The zero-order chi connectivity index (χ0) is 14.0. The highest BCUT2D eigenvalue weighted by Gasteiger charge is 2.14. The van der Waals surface area contributed by atoms with Crippen molar-refractivity contribution in [3.63, 3.8) is 0 Å². The summed E-state index contributed by atoms with van der Waals surface area (Å²) in [5.74, 6) is -0.599. The second kappa shape index (κ2) is 5.11. The zero-order valence-electron chi connectivity index (χ0n) is 10.2. The lowest BCUT2D eigenvalue weighted by atomic mass is 10.3. The molecule has 1 amide bonds. The molecule has 0 aliphatic heterocycles. The number of hydrogen-bond acceptors (Lipinski definition) is 6. The Morgan fingerprint density at radius 2 is 2.11 bits per heavy atom. The Morgan fingerprint density at radius 3 is 2.63 bits per heavy atom. The highest BCUT2D eigenvalue weighted by atomic mass is 32.1. The average Bonchev–Trinajstić information content (AvgIpc) is 2.71. The monoisotopic (exact) mass is 278 g/mol. The van der Waals surface area contributed by atoms with Gasteiger partial charge in [-0.05, 0) is 13.0 Å². The Hall–Kier alpha value is -2.35. The van der Waals surface area contributed by atoms with Gasteiger partial charge in [0.05, 0.1) is 10.6 Å². The number of hydrogen-bond donors (Lipinski definition) is 2. The van der Waals surface area contributed by atoms with Crippen molar-refractivity contribution in [3.8, 4) is 0 Å². The SMILES string of the molecule is CC(=O)c1sc(NC(=O)c2ccc(=O)[nH]n2)nc1C. The van der Waals surface area contributed by atoms with E-state index in [1.54, 1.807) is 6.92 Å². The highest BCUT2D eigenvalue weighted by Crippen LogP contribution is 2.23. The van der Waals surface area contributed by atoms with Crippen molar-refractivity contribution in [2.24, 2.45) is 0 Å². The van der Waals surface area contributed by atoms with Gasteiger partial charge < -0.3 is 0 Å². The minimum Gasteiger partial charge on any atom is -0.296 e. The van der Waals surface area contributed by atoms with Crippen LogP contribution in [0.1, 0.15) is 32.8 Å². The van der Waals surface area contributed by atoms with E-state index >= 15 is 0 Å². The third-order valence-electron chi connectivity index (χ3n) is 2.25. The number of Topliss-reactive ketones (excluding diaryl/α,β-unsaturated/α-hetero) is 1. The number of rotatable bonds is 3. The molecular formula is C11H10N4O3S. The van der Waals surface area contributed by atoms with Crippen LogP contribution in [-0.2, 0) is 0 Å². The number of thiazole rings is 1. The Bertz CT molecular complexity index is 684. The molecule has 0 fully saturated rings. The molecule has 2 aromatic rings. The van der Waals surface area contributed by atoms with Crippen molar-refractivity contribution in [2.75, 3.05) is 5.32 Å². The molecule has 2 rings (SSSR count). The van der Waals surface area contributed by atoms with E-state index < -0.39 is 5.91 Å². The highest BCUT2D eigenvalue weighted by molar-refractivity contribution is 7.17. The first-order valence-corrected chi connectivity index (χ1v) is 6.14.